The number of urea groups is 1. The van der Waals surface area contributed by atoms with E-state index in [0.717, 1.165) is 10.0 Å². The number of nitrogens with zero attached hydrogens (tertiary/aromatic N) is 1. The Kier molecular flexibility index (Phi) is 6.20. The second kappa shape index (κ2) is 8.14. The average molecular weight is 386 g/mol. The van der Waals surface area contributed by atoms with Gasteiger partial charge in [0.15, 0.2) is 0 Å². The molecule has 0 unspecified atom stereocenters. The van der Waals surface area contributed by atoms with E-state index in [4.69, 9.17) is 9.84 Å². The van der Waals surface area contributed by atoms with Crippen LogP contribution >= 0.6 is 15.9 Å². The molecule has 0 aliphatic heterocycles. The van der Waals surface area contributed by atoms with Gasteiger partial charge in [0.05, 0.1) is 13.0 Å². The van der Waals surface area contributed by atoms with Crippen LogP contribution in [-0.2, 0) is 11.3 Å². The third-order valence-electron chi connectivity index (χ3n) is 3.94. The zero-order chi connectivity index (χ0) is 16.8. The molecule has 2 amide bonds. The molecule has 1 aromatic rings. The number of carbonyl (C=O) groups excluding carboxylic acids is 1. The van der Waals surface area contributed by atoms with Gasteiger partial charge >= 0.3 is 12.0 Å². The van der Waals surface area contributed by atoms with E-state index in [-0.39, 0.29) is 18.0 Å². The molecule has 1 aliphatic rings. The van der Waals surface area contributed by atoms with Crippen molar-refractivity contribution in [1.29, 1.82) is 0 Å². The fraction of sp³-hybridized carbons (Fsp3) is 0.533. The highest BCUT2D eigenvalue weighted by Crippen LogP contribution is 2.24. The van der Waals surface area contributed by atoms with E-state index in [1.807, 2.05) is 6.07 Å². The summed E-state index contributed by atoms with van der Waals surface area (Å²) in [7, 11) is 1.53. The lowest BCUT2D eigenvalue weighted by Gasteiger charge is -2.26. The number of carboxylic acid groups (broad SMARTS) is 1. The fourth-order valence-electron chi connectivity index (χ4n) is 2.68. The molecule has 0 saturated heterocycles. The Bertz CT molecular complexity index is 574. The first-order valence-electron chi connectivity index (χ1n) is 7.45. The standard InChI is InChI=1S/C15H20BrN3O4/c1-23-13-10(6-11(16)8-17-13)7-18-15(22)19-12-4-2-9(3-5-12)14(20)21/h6,8-9,12H,2-5,7H2,1H3,(H,20,21)(H2,18,19,22). The van der Waals surface area contributed by atoms with Crippen molar-refractivity contribution in [3.8, 4) is 5.88 Å². The van der Waals surface area contributed by atoms with E-state index in [1.165, 1.54) is 7.11 Å². The molecular formula is C15H20BrN3O4. The third-order valence-corrected chi connectivity index (χ3v) is 4.37. The molecule has 0 atom stereocenters. The van der Waals surface area contributed by atoms with Gasteiger partial charge in [-0.25, -0.2) is 9.78 Å². The minimum atomic E-state index is -0.748. The minimum Gasteiger partial charge on any atom is -0.481 e. The van der Waals surface area contributed by atoms with E-state index < -0.39 is 5.97 Å². The van der Waals surface area contributed by atoms with Crippen molar-refractivity contribution in [2.45, 2.75) is 38.3 Å². The van der Waals surface area contributed by atoms with Crippen LogP contribution in [0.1, 0.15) is 31.2 Å². The summed E-state index contributed by atoms with van der Waals surface area (Å²) in [6.07, 6.45) is 4.20. The largest absolute Gasteiger partial charge is 0.481 e. The van der Waals surface area contributed by atoms with Crippen molar-refractivity contribution in [2.24, 2.45) is 5.92 Å². The Morgan fingerprint density at radius 2 is 2.09 bits per heavy atom. The van der Waals surface area contributed by atoms with Crippen molar-refractivity contribution >= 4 is 27.9 Å². The van der Waals surface area contributed by atoms with Crippen LogP contribution in [0, 0.1) is 5.92 Å². The Morgan fingerprint density at radius 3 is 2.70 bits per heavy atom. The molecule has 7 nitrogen and oxygen atoms in total. The number of hydrogen-bond acceptors (Lipinski definition) is 4. The van der Waals surface area contributed by atoms with Gasteiger partial charge in [0.25, 0.3) is 0 Å². The van der Waals surface area contributed by atoms with Gasteiger partial charge in [-0.2, -0.15) is 0 Å². The first-order valence-corrected chi connectivity index (χ1v) is 8.24. The second-order valence-corrected chi connectivity index (χ2v) is 6.45. The van der Waals surface area contributed by atoms with E-state index >= 15 is 0 Å². The molecule has 126 valence electrons. The molecule has 2 rings (SSSR count). The first kappa shape index (κ1) is 17.5. The third kappa shape index (κ3) is 5.09. The predicted molar refractivity (Wildman–Crippen MR) is 87.2 cm³/mol. The zero-order valence-corrected chi connectivity index (χ0v) is 14.4. The van der Waals surface area contributed by atoms with Crippen molar-refractivity contribution in [1.82, 2.24) is 15.6 Å². The highest BCUT2D eigenvalue weighted by atomic mass is 79.9. The lowest BCUT2D eigenvalue weighted by molar-refractivity contribution is -0.142. The molecule has 1 heterocycles. The summed E-state index contributed by atoms with van der Waals surface area (Å²) in [6.45, 7) is 0.298. The second-order valence-electron chi connectivity index (χ2n) is 5.54. The van der Waals surface area contributed by atoms with E-state index in [0.29, 0.717) is 38.1 Å². The summed E-state index contributed by atoms with van der Waals surface area (Å²) in [5, 5.41) is 14.6. The number of amides is 2. The summed E-state index contributed by atoms with van der Waals surface area (Å²) >= 11 is 3.34. The number of aromatic nitrogens is 1. The van der Waals surface area contributed by atoms with Crippen molar-refractivity contribution in [3.63, 3.8) is 0 Å². The number of halogens is 1. The van der Waals surface area contributed by atoms with Gasteiger partial charge in [0.2, 0.25) is 5.88 Å². The number of aliphatic carboxylic acids is 1. The molecule has 1 fully saturated rings. The van der Waals surface area contributed by atoms with E-state index in [2.05, 4.69) is 31.5 Å². The van der Waals surface area contributed by atoms with E-state index in [9.17, 15) is 9.59 Å². The fourth-order valence-corrected chi connectivity index (χ4v) is 3.05. The minimum absolute atomic E-state index is 0.0214. The summed E-state index contributed by atoms with van der Waals surface area (Å²) in [6, 6.07) is 1.59. The van der Waals surface area contributed by atoms with Crippen LogP contribution in [0.25, 0.3) is 0 Å². The van der Waals surface area contributed by atoms with Gasteiger partial charge in [-0.15, -0.1) is 0 Å². The van der Waals surface area contributed by atoms with Gasteiger partial charge in [-0.1, -0.05) is 0 Å². The predicted octanol–water partition coefficient (Wildman–Crippen LogP) is 2.30. The Labute approximate surface area is 142 Å². The molecule has 0 spiro atoms. The molecule has 8 heteroatoms. The van der Waals surface area contributed by atoms with Crippen molar-refractivity contribution in [2.75, 3.05) is 7.11 Å². The SMILES string of the molecule is COc1ncc(Br)cc1CNC(=O)NC1CCC(C(=O)O)CC1. The number of rotatable bonds is 5. The smallest absolute Gasteiger partial charge is 0.315 e. The molecule has 0 radical (unpaired) electrons. The lowest BCUT2D eigenvalue weighted by atomic mass is 9.86. The molecular weight excluding hydrogens is 366 g/mol. The van der Waals surface area contributed by atoms with Crippen LogP contribution in [0.4, 0.5) is 4.79 Å². The van der Waals surface area contributed by atoms with Crippen LogP contribution in [-0.4, -0.2) is 35.2 Å². The molecule has 3 N–H and O–H groups in total. The van der Waals surface area contributed by atoms with Crippen LogP contribution < -0.4 is 15.4 Å². The summed E-state index contributed by atoms with van der Waals surface area (Å²) in [4.78, 5) is 27.0. The van der Waals surface area contributed by atoms with Crippen LogP contribution in [0.15, 0.2) is 16.7 Å². The molecule has 0 bridgehead atoms. The van der Waals surface area contributed by atoms with Gasteiger partial charge in [-0.05, 0) is 47.7 Å². The summed E-state index contributed by atoms with van der Waals surface area (Å²) in [5.74, 6) is -0.564. The van der Waals surface area contributed by atoms with Gasteiger partial charge in [0, 0.05) is 28.8 Å². The van der Waals surface area contributed by atoms with Crippen molar-refractivity contribution in [3.05, 3.63) is 22.3 Å². The molecule has 1 aromatic heterocycles. The molecule has 0 aromatic carbocycles. The number of carbonyl (C=O) groups is 2. The highest BCUT2D eigenvalue weighted by molar-refractivity contribution is 9.10. The number of hydrogen-bond donors (Lipinski definition) is 3. The number of methoxy groups -OCH3 is 1. The van der Waals surface area contributed by atoms with Crippen LogP contribution in [0.2, 0.25) is 0 Å². The van der Waals surface area contributed by atoms with Crippen LogP contribution in [0.3, 0.4) is 0 Å². The maximum absolute atomic E-state index is 12.0. The topological polar surface area (TPSA) is 101 Å². The molecule has 23 heavy (non-hydrogen) atoms. The number of ether oxygens (including phenoxy) is 1. The molecule has 1 saturated carbocycles. The highest BCUT2D eigenvalue weighted by Gasteiger charge is 2.26. The van der Waals surface area contributed by atoms with E-state index in [1.54, 1.807) is 6.20 Å². The maximum atomic E-state index is 12.0. The van der Waals surface area contributed by atoms with Crippen molar-refractivity contribution < 1.29 is 19.4 Å². The Hall–Kier alpha value is -1.83. The molecule has 1 aliphatic carbocycles. The average Bonchev–Trinajstić information content (AvgIpc) is 2.53. The number of carboxylic acids is 1. The first-order chi connectivity index (χ1) is 11.0. The van der Waals surface area contributed by atoms with Gasteiger partial charge in [0.1, 0.15) is 0 Å². The zero-order valence-electron chi connectivity index (χ0n) is 12.8. The maximum Gasteiger partial charge on any atom is 0.315 e. The normalized spacial score (nSPS) is 20.6. The summed E-state index contributed by atoms with van der Waals surface area (Å²) < 4.78 is 5.97. The van der Waals surface area contributed by atoms with Gasteiger partial charge in [-0.3, -0.25) is 4.79 Å². The monoisotopic (exact) mass is 385 g/mol. The number of nitrogens with one attached hydrogen (secondary N) is 2. The lowest BCUT2D eigenvalue weighted by Crippen LogP contribution is -2.43. The van der Waals surface area contributed by atoms with Gasteiger partial charge < -0.3 is 20.5 Å². The Balaban J connectivity index is 1.80. The number of pyridine rings is 1. The quantitative estimate of drug-likeness (QED) is 0.721. The summed E-state index contributed by atoms with van der Waals surface area (Å²) in [5.41, 5.74) is 0.770. The van der Waals surface area contributed by atoms with Crippen LogP contribution in [0.5, 0.6) is 5.88 Å². The Morgan fingerprint density at radius 1 is 1.39 bits per heavy atom.